The summed E-state index contributed by atoms with van der Waals surface area (Å²) in [6.45, 7) is 23.6. The quantitative estimate of drug-likeness (QED) is 0.284. The van der Waals surface area contributed by atoms with Gasteiger partial charge in [-0.05, 0) is 47.5 Å². The van der Waals surface area contributed by atoms with Gasteiger partial charge in [-0.2, -0.15) is 0 Å². The summed E-state index contributed by atoms with van der Waals surface area (Å²) in [5.41, 5.74) is 3.78. The van der Waals surface area contributed by atoms with Crippen molar-refractivity contribution in [2.75, 3.05) is 20.8 Å². The molecule has 0 radical (unpaired) electrons. The zero-order chi connectivity index (χ0) is 19.4. The predicted molar refractivity (Wildman–Crippen MR) is 111 cm³/mol. The van der Waals surface area contributed by atoms with E-state index in [-0.39, 0.29) is 0 Å². The van der Waals surface area contributed by atoms with Crippen LogP contribution in [0.4, 0.5) is 0 Å². The predicted octanol–water partition coefficient (Wildman–Crippen LogP) is 6.41. The molecule has 2 nitrogen and oxygen atoms in total. The first-order valence-corrected chi connectivity index (χ1v) is 8.90. The highest BCUT2D eigenvalue weighted by atomic mass is 16.5. The number of allylic oxidation sites excluding steroid dienone is 7. The van der Waals surface area contributed by atoms with Gasteiger partial charge in [-0.3, -0.25) is 0 Å². The van der Waals surface area contributed by atoms with E-state index in [1.165, 1.54) is 6.42 Å². The van der Waals surface area contributed by atoms with Crippen molar-refractivity contribution in [3.63, 3.8) is 0 Å². The molecule has 1 atom stereocenters. The summed E-state index contributed by atoms with van der Waals surface area (Å²) in [6, 6.07) is 0. The minimum atomic E-state index is 0.473. The molecule has 0 heterocycles. The lowest BCUT2D eigenvalue weighted by Gasteiger charge is -2.13. The fourth-order valence-electron chi connectivity index (χ4n) is 2.19. The third kappa shape index (κ3) is 9.93. The van der Waals surface area contributed by atoms with E-state index < -0.39 is 0 Å². The molecular formula is C23H36O2. The van der Waals surface area contributed by atoms with Crippen LogP contribution in [-0.4, -0.2) is 20.8 Å². The minimum Gasteiger partial charge on any atom is -0.497 e. The van der Waals surface area contributed by atoms with E-state index in [2.05, 4.69) is 47.1 Å². The Kier molecular flexibility index (Phi) is 11.6. The summed E-state index contributed by atoms with van der Waals surface area (Å²) in [4.78, 5) is 0. The second-order valence-electron chi connectivity index (χ2n) is 6.87. The van der Waals surface area contributed by atoms with E-state index in [0.29, 0.717) is 18.3 Å². The maximum absolute atomic E-state index is 5.24. The molecule has 2 heteroatoms. The summed E-state index contributed by atoms with van der Waals surface area (Å²) >= 11 is 0. The fraction of sp³-hybridized carbons (Fsp3) is 0.478. The smallest absolute Gasteiger partial charge is 0.114 e. The number of ether oxygens (including phenoxy) is 2. The van der Waals surface area contributed by atoms with Gasteiger partial charge in [0, 0.05) is 7.11 Å². The van der Waals surface area contributed by atoms with Gasteiger partial charge in [0.1, 0.15) is 5.76 Å². The zero-order valence-corrected chi connectivity index (χ0v) is 16.9. The SMILES string of the molecule is C=C(/C=C\C(=C)C(C)CCC(C)C)C(=C)/C=C(/CCOC)C(=C)OC. The fourth-order valence-corrected chi connectivity index (χ4v) is 2.19. The molecule has 0 aromatic rings. The lowest BCUT2D eigenvalue weighted by atomic mass is 9.93. The molecule has 140 valence electrons. The Morgan fingerprint density at radius 2 is 1.56 bits per heavy atom. The van der Waals surface area contributed by atoms with E-state index in [0.717, 1.165) is 41.1 Å². The van der Waals surface area contributed by atoms with Crippen LogP contribution in [0.1, 0.15) is 40.0 Å². The van der Waals surface area contributed by atoms with Gasteiger partial charge in [-0.1, -0.05) is 71.2 Å². The molecule has 0 saturated carbocycles. The molecule has 0 bridgehead atoms. The van der Waals surface area contributed by atoms with E-state index in [9.17, 15) is 0 Å². The highest BCUT2D eigenvalue weighted by Crippen LogP contribution is 2.22. The third-order valence-corrected chi connectivity index (χ3v) is 4.25. The van der Waals surface area contributed by atoms with Gasteiger partial charge < -0.3 is 9.47 Å². The second-order valence-corrected chi connectivity index (χ2v) is 6.87. The molecule has 0 aromatic heterocycles. The molecule has 0 N–H and O–H groups in total. The summed E-state index contributed by atoms with van der Waals surface area (Å²) in [5.74, 6) is 1.82. The van der Waals surface area contributed by atoms with Crippen LogP contribution in [0.2, 0.25) is 0 Å². The van der Waals surface area contributed by atoms with Crippen LogP contribution >= 0.6 is 0 Å². The van der Waals surface area contributed by atoms with E-state index in [1.54, 1.807) is 14.2 Å². The topological polar surface area (TPSA) is 18.5 Å². The van der Waals surface area contributed by atoms with E-state index in [1.807, 2.05) is 18.2 Å². The molecule has 0 aliphatic carbocycles. The van der Waals surface area contributed by atoms with Crippen molar-refractivity contribution >= 4 is 0 Å². The highest BCUT2D eigenvalue weighted by Gasteiger charge is 2.07. The van der Waals surface area contributed by atoms with Crippen molar-refractivity contribution in [1.82, 2.24) is 0 Å². The second kappa shape index (κ2) is 12.5. The summed E-state index contributed by atoms with van der Waals surface area (Å²) in [6.07, 6.45) is 9.08. The molecule has 0 rings (SSSR count). The lowest BCUT2D eigenvalue weighted by Crippen LogP contribution is -1.99. The normalized spacial score (nSPS) is 13.1. The number of hydrogen-bond acceptors (Lipinski definition) is 2. The molecular weight excluding hydrogens is 308 g/mol. The highest BCUT2D eigenvalue weighted by molar-refractivity contribution is 5.47. The van der Waals surface area contributed by atoms with E-state index in [4.69, 9.17) is 9.47 Å². The van der Waals surface area contributed by atoms with Crippen molar-refractivity contribution in [3.05, 3.63) is 72.6 Å². The van der Waals surface area contributed by atoms with Gasteiger partial charge in [0.2, 0.25) is 0 Å². The molecule has 25 heavy (non-hydrogen) atoms. The Labute approximate surface area is 155 Å². The first-order chi connectivity index (χ1) is 11.7. The Morgan fingerprint density at radius 3 is 2.08 bits per heavy atom. The van der Waals surface area contributed by atoms with Crippen molar-refractivity contribution < 1.29 is 9.47 Å². The van der Waals surface area contributed by atoms with Crippen LogP contribution < -0.4 is 0 Å². The summed E-state index contributed by atoms with van der Waals surface area (Å²) < 4.78 is 10.4. The monoisotopic (exact) mass is 344 g/mol. The van der Waals surface area contributed by atoms with Crippen LogP contribution in [-0.2, 0) is 9.47 Å². The van der Waals surface area contributed by atoms with Crippen LogP contribution in [0.15, 0.2) is 72.6 Å². The molecule has 0 aliphatic heterocycles. The van der Waals surface area contributed by atoms with Crippen molar-refractivity contribution in [2.24, 2.45) is 11.8 Å². The zero-order valence-electron chi connectivity index (χ0n) is 16.9. The van der Waals surface area contributed by atoms with Gasteiger partial charge in [-0.15, -0.1) is 0 Å². The first kappa shape index (κ1) is 23.2. The first-order valence-electron chi connectivity index (χ1n) is 8.90. The van der Waals surface area contributed by atoms with Gasteiger partial charge in [0.25, 0.3) is 0 Å². The molecule has 0 fully saturated rings. The minimum absolute atomic E-state index is 0.473. The maximum Gasteiger partial charge on any atom is 0.114 e. The Balaban J connectivity index is 4.85. The number of methoxy groups -OCH3 is 2. The molecule has 0 saturated heterocycles. The Morgan fingerprint density at radius 1 is 0.920 bits per heavy atom. The van der Waals surface area contributed by atoms with Crippen molar-refractivity contribution in [1.29, 1.82) is 0 Å². The van der Waals surface area contributed by atoms with Crippen molar-refractivity contribution in [3.8, 4) is 0 Å². The summed E-state index contributed by atoms with van der Waals surface area (Å²) in [7, 11) is 3.29. The average molecular weight is 345 g/mol. The standard InChI is InChI=1S/C23H36O2/c1-17(2)10-11-18(3)19(4)12-13-20(5)21(6)16-23(14-15-24-8)22(7)25-9/h12-13,16-18H,4-7,10-11,14-15H2,1-3,8-9H3/b13-12-,23-16-. The Hall–Kier alpha value is -1.80. The van der Waals surface area contributed by atoms with Crippen LogP contribution in [0.3, 0.4) is 0 Å². The number of rotatable bonds is 13. The van der Waals surface area contributed by atoms with Crippen LogP contribution in [0.25, 0.3) is 0 Å². The largest absolute Gasteiger partial charge is 0.497 e. The lowest BCUT2D eigenvalue weighted by molar-refractivity contribution is 0.199. The molecule has 0 aliphatic rings. The average Bonchev–Trinajstić information content (AvgIpc) is 2.59. The molecule has 0 aromatic carbocycles. The van der Waals surface area contributed by atoms with E-state index >= 15 is 0 Å². The van der Waals surface area contributed by atoms with Crippen LogP contribution in [0.5, 0.6) is 0 Å². The van der Waals surface area contributed by atoms with Crippen LogP contribution in [0, 0.1) is 11.8 Å². The van der Waals surface area contributed by atoms with Gasteiger partial charge in [-0.25, -0.2) is 0 Å². The van der Waals surface area contributed by atoms with Crippen molar-refractivity contribution in [2.45, 2.75) is 40.0 Å². The molecule has 0 amide bonds. The van der Waals surface area contributed by atoms with Gasteiger partial charge in [0.05, 0.1) is 13.7 Å². The third-order valence-electron chi connectivity index (χ3n) is 4.25. The Bertz CT molecular complexity index is 532. The molecule has 0 spiro atoms. The van der Waals surface area contributed by atoms with Gasteiger partial charge >= 0.3 is 0 Å². The molecule has 1 unspecified atom stereocenters. The summed E-state index contributed by atoms with van der Waals surface area (Å²) in [5, 5.41) is 0. The maximum atomic E-state index is 5.24. The number of hydrogen-bond donors (Lipinski definition) is 0. The van der Waals surface area contributed by atoms with Gasteiger partial charge in [0.15, 0.2) is 0 Å².